The van der Waals surface area contributed by atoms with Gasteiger partial charge in [0.15, 0.2) is 0 Å². The first-order valence-corrected chi connectivity index (χ1v) is 5.86. The smallest absolute Gasteiger partial charge is 0.0434 e. The summed E-state index contributed by atoms with van der Waals surface area (Å²) in [4.78, 5) is 2.55. The van der Waals surface area contributed by atoms with Gasteiger partial charge in [0.05, 0.1) is 0 Å². The highest BCUT2D eigenvalue weighted by Gasteiger charge is 2.26. The van der Waals surface area contributed by atoms with E-state index in [9.17, 15) is 0 Å². The van der Waals surface area contributed by atoms with Crippen LogP contribution < -0.4 is 5.73 Å². The van der Waals surface area contributed by atoms with Gasteiger partial charge in [-0.2, -0.15) is 0 Å². The molecule has 0 saturated carbocycles. The first kappa shape index (κ1) is 12.0. The molecule has 0 amide bonds. The quantitative estimate of drug-likeness (QED) is 0.667. The van der Waals surface area contributed by atoms with E-state index in [1.54, 1.807) is 0 Å². The molecule has 1 fully saturated rings. The largest absolute Gasteiger partial charge is 0.396 e. The van der Waals surface area contributed by atoms with E-state index in [0.717, 1.165) is 19.4 Å². The average Bonchev–Trinajstić information content (AvgIpc) is 2.63. The van der Waals surface area contributed by atoms with Crippen molar-refractivity contribution in [3.8, 4) is 0 Å². The molecule has 0 aliphatic carbocycles. The van der Waals surface area contributed by atoms with E-state index in [1.807, 2.05) is 0 Å². The zero-order chi connectivity index (χ0) is 10.4. The summed E-state index contributed by atoms with van der Waals surface area (Å²) in [5, 5.41) is 8.87. The zero-order valence-corrected chi connectivity index (χ0v) is 9.28. The minimum Gasteiger partial charge on any atom is -0.396 e. The molecule has 84 valence electrons. The normalized spacial score (nSPS) is 25.5. The van der Waals surface area contributed by atoms with Gasteiger partial charge in [-0.15, -0.1) is 0 Å². The van der Waals surface area contributed by atoms with Crippen LogP contribution in [0.15, 0.2) is 0 Å². The molecule has 0 aromatic rings. The van der Waals surface area contributed by atoms with Crippen molar-refractivity contribution in [1.29, 1.82) is 0 Å². The summed E-state index contributed by atoms with van der Waals surface area (Å²) < 4.78 is 0. The Kier molecular flexibility index (Phi) is 5.45. The van der Waals surface area contributed by atoms with Gasteiger partial charge < -0.3 is 15.7 Å². The fourth-order valence-electron chi connectivity index (χ4n) is 2.45. The molecule has 14 heavy (non-hydrogen) atoms. The van der Waals surface area contributed by atoms with Crippen molar-refractivity contribution < 1.29 is 5.11 Å². The topological polar surface area (TPSA) is 49.5 Å². The minimum absolute atomic E-state index is 0.339. The van der Waals surface area contributed by atoms with E-state index in [0.29, 0.717) is 18.6 Å². The van der Waals surface area contributed by atoms with E-state index in [4.69, 9.17) is 10.8 Å². The third kappa shape index (κ3) is 3.23. The Morgan fingerprint density at radius 2 is 2.36 bits per heavy atom. The fraction of sp³-hybridized carbons (Fsp3) is 1.00. The van der Waals surface area contributed by atoms with Crippen molar-refractivity contribution in [2.24, 2.45) is 11.7 Å². The molecule has 1 saturated heterocycles. The summed E-state index contributed by atoms with van der Waals surface area (Å²) in [7, 11) is 0. The minimum atomic E-state index is 0.339. The van der Waals surface area contributed by atoms with Gasteiger partial charge in [-0.1, -0.05) is 6.92 Å². The average molecular weight is 200 g/mol. The van der Waals surface area contributed by atoms with Gasteiger partial charge in [0.25, 0.3) is 0 Å². The van der Waals surface area contributed by atoms with Crippen molar-refractivity contribution in [3.05, 3.63) is 0 Å². The predicted molar refractivity (Wildman–Crippen MR) is 59.1 cm³/mol. The molecule has 1 rings (SSSR count). The number of hydrogen-bond acceptors (Lipinski definition) is 3. The Morgan fingerprint density at radius 1 is 1.57 bits per heavy atom. The second-order valence-electron chi connectivity index (χ2n) is 4.30. The zero-order valence-electron chi connectivity index (χ0n) is 9.28. The maximum atomic E-state index is 8.87. The van der Waals surface area contributed by atoms with Crippen LogP contribution in [0.25, 0.3) is 0 Å². The highest BCUT2D eigenvalue weighted by Crippen LogP contribution is 2.23. The number of hydrogen-bond donors (Lipinski definition) is 2. The molecule has 0 radical (unpaired) electrons. The summed E-state index contributed by atoms with van der Waals surface area (Å²) in [6.07, 6.45) is 4.53. The number of aliphatic hydroxyl groups excluding tert-OH is 1. The van der Waals surface area contributed by atoms with E-state index >= 15 is 0 Å². The SMILES string of the molecule is CCC(CCN)N1CCC(CCO)C1. The van der Waals surface area contributed by atoms with Crippen molar-refractivity contribution in [3.63, 3.8) is 0 Å². The number of rotatable bonds is 6. The van der Waals surface area contributed by atoms with Crippen LogP contribution in [0, 0.1) is 5.92 Å². The highest BCUT2D eigenvalue weighted by atomic mass is 16.3. The van der Waals surface area contributed by atoms with Crippen LogP contribution in [-0.4, -0.2) is 42.3 Å². The third-order valence-electron chi connectivity index (χ3n) is 3.34. The van der Waals surface area contributed by atoms with Gasteiger partial charge in [0.2, 0.25) is 0 Å². The maximum Gasteiger partial charge on any atom is 0.0434 e. The lowest BCUT2D eigenvalue weighted by Gasteiger charge is -2.26. The Balaban J connectivity index is 2.31. The summed E-state index contributed by atoms with van der Waals surface area (Å²) in [6.45, 7) is 5.73. The summed E-state index contributed by atoms with van der Waals surface area (Å²) in [5.74, 6) is 0.715. The van der Waals surface area contributed by atoms with Crippen LogP contribution in [0.1, 0.15) is 32.6 Å². The molecule has 2 atom stereocenters. The number of nitrogens with zero attached hydrogens (tertiary/aromatic N) is 1. The summed E-state index contributed by atoms with van der Waals surface area (Å²) in [6, 6.07) is 0.670. The highest BCUT2D eigenvalue weighted by molar-refractivity contribution is 4.80. The lowest BCUT2D eigenvalue weighted by molar-refractivity contribution is 0.207. The molecule has 0 aromatic heterocycles. The Hall–Kier alpha value is -0.120. The standard InChI is InChI=1S/C11H24N2O/c1-2-11(3-6-12)13-7-4-10(9-13)5-8-14/h10-11,14H,2-9,12H2,1H3. The van der Waals surface area contributed by atoms with Gasteiger partial charge in [-0.3, -0.25) is 0 Å². The van der Waals surface area contributed by atoms with E-state index in [1.165, 1.54) is 25.9 Å². The summed E-state index contributed by atoms with van der Waals surface area (Å²) in [5.41, 5.74) is 5.60. The predicted octanol–water partition coefficient (Wildman–Crippen LogP) is 0.818. The molecular weight excluding hydrogens is 176 g/mol. The number of nitrogens with two attached hydrogens (primary N) is 1. The molecule has 1 aliphatic heterocycles. The van der Waals surface area contributed by atoms with Crippen LogP contribution in [0.5, 0.6) is 0 Å². The van der Waals surface area contributed by atoms with Crippen LogP contribution >= 0.6 is 0 Å². The second-order valence-corrected chi connectivity index (χ2v) is 4.30. The molecular formula is C11H24N2O. The molecule has 0 spiro atoms. The Morgan fingerprint density at radius 3 is 2.93 bits per heavy atom. The van der Waals surface area contributed by atoms with Crippen molar-refractivity contribution in [2.45, 2.75) is 38.6 Å². The van der Waals surface area contributed by atoms with Gasteiger partial charge in [-0.05, 0) is 44.7 Å². The lowest BCUT2D eigenvalue weighted by Crippen LogP contribution is -2.34. The molecule has 1 heterocycles. The molecule has 3 heteroatoms. The monoisotopic (exact) mass is 200 g/mol. The van der Waals surface area contributed by atoms with E-state index < -0.39 is 0 Å². The maximum absolute atomic E-state index is 8.87. The molecule has 0 bridgehead atoms. The first-order chi connectivity index (χ1) is 6.81. The van der Waals surface area contributed by atoms with Crippen LogP contribution in [0.3, 0.4) is 0 Å². The van der Waals surface area contributed by atoms with Gasteiger partial charge in [0.1, 0.15) is 0 Å². The summed E-state index contributed by atoms with van der Waals surface area (Å²) >= 11 is 0. The number of likely N-dealkylation sites (tertiary alicyclic amines) is 1. The van der Waals surface area contributed by atoms with Gasteiger partial charge >= 0.3 is 0 Å². The Bertz CT molecular complexity index is 152. The second kappa shape index (κ2) is 6.38. The molecule has 2 unspecified atom stereocenters. The molecule has 3 nitrogen and oxygen atoms in total. The number of aliphatic hydroxyl groups is 1. The Labute approximate surface area is 87.3 Å². The van der Waals surface area contributed by atoms with Crippen molar-refractivity contribution in [1.82, 2.24) is 4.90 Å². The van der Waals surface area contributed by atoms with Gasteiger partial charge in [-0.25, -0.2) is 0 Å². The first-order valence-electron chi connectivity index (χ1n) is 5.86. The van der Waals surface area contributed by atoms with Crippen molar-refractivity contribution >= 4 is 0 Å². The van der Waals surface area contributed by atoms with E-state index in [2.05, 4.69) is 11.8 Å². The van der Waals surface area contributed by atoms with Crippen molar-refractivity contribution in [2.75, 3.05) is 26.2 Å². The van der Waals surface area contributed by atoms with Crippen LogP contribution in [-0.2, 0) is 0 Å². The lowest BCUT2D eigenvalue weighted by atomic mass is 10.1. The molecule has 1 aliphatic rings. The fourth-order valence-corrected chi connectivity index (χ4v) is 2.45. The van der Waals surface area contributed by atoms with Gasteiger partial charge in [0, 0.05) is 19.2 Å². The van der Waals surface area contributed by atoms with Crippen LogP contribution in [0.2, 0.25) is 0 Å². The van der Waals surface area contributed by atoms with Crippen LogP contribution in [0.4, 0.5) is 0 Å². The van der Waals surface area contributed by atoms with E-state index in [-0.39, 0.29) is 0 Å². The third-order valence-corrected chi connectivity index (χ3v) is 3.34. The molecule has 0 aromatic carbocycles. The molecule has 3 N–H and O–H groups in total.